The second kappa shape index (κ2) is 7.30. The molecule has 1 aliphatic heterocycles. The number of nitrogens with two attached hydrogens (primary N) is 1. The Morgan fingerprint density at radius 3 is 2.18 bits per heavy atom. The molecule has 0 atom stereocenters. The third-order valence-corrected chi connectivity index (χ3v) is 5.82. The summed E-state index contributed by atoms with van der Waals surface area (Å²) >= 11 is 0. The highest BCUT2D eigenvalue weighted by Crippen LogP contribution is 2.38. The van der Waals surface area contributed by atoms with Gasteiger partial charge in [0.2, 0.25) is 0 Å². The zero-order chi connectivity index (χ0) is 17.0. The van der Waals surface area contributed by atoms with E-state index in [0.29, 0.717) is 12.2 Å². The second-order valence-corrected chi connectivity index (χ2v) is 13.5. The average Bonchev–Trinajstić information content (AvgIpc) is 2.56. The monoisotopic (exact) mass is 326 g/mol. The SMILES string of the molecule is CC1(C)OB(C(C=NCOCC[Si](C)(C)C)=CN)OC1(C)C. The van der Waals surface area contributed by atoms with Gasteiger partial charge < -0.3 is 19.8 Å². The molecule has 22 heavy (non-hydrogen) atoms. The minimum absolute atomic E-state index is 0.335. The Hall–Kier alpha value is -0.628. The molecular formula is C15H31BN2O3Si. The topological polar surface area (TPSA) is 66.1 Å². The van der Waals surface area contributed by atoms with E-state index in [1.54, 1.807) is 6.21 Å². The first-order chi connectivity index (χ1) is 9.98. The van der Waals surface area contributed by atoms with Crippen LogP contribution < -0.4 is 5.73 Å². The Labute approximate surface area is 136 Å². The smallest absolute Gasteiger partial charge is 0.405 e. The van der Waals surface area contributed by atoms with Crippen LogP contribution in [-0.2, 0) is 14.0 Å². The van der Waals surface area contributed by atoms with Crippen LogP contribution in [0.15, 0.2) is 16.7 Å². The Bertz CT molecular complexity index is 415. The van der Waals surface area contributed by atoms with E-state index >= 15 is 0 Å². The Kier molecular flexibility index (Phi) is 6.44. The van der Waals surface area contributed by atoms with Crippen molar-refractivity contribution in [2.24, 2.45) is 10.7 Å². The Balaban J connectivity index is 2.46. The highest BCUT2D eigenvalue weighted by atomic mass is 28.3. The maximum Gasteiger partial charge on any atom is 0.497 e. The first-order valence-corrected chi connectivity index (χ1v) is 11.5. The Morgan fingerprint density at radius 2 is 1.73 bits per heavy atom. The van der Waals surface area contributed by atoms with E-state index < -0.39 is 15.2 Å². The molecule has 1 fully saturated rings. The van der Waals surface area contributed by atoms with Gasteiger partial charge in [0, 0.05) is 26.4 Å². The predicted molar refractivity (Wildman–Crippen MR) is 95.8 cm³/mol. The lowest BCUT2D eigenvalue weighted by Crippen LogP contribution is -2.41. The zero-order valence-corrected chi connectivity index (χ0v) is 16.1. The number of nitrogens with zero attached hydrogens (tertiary/aromatic N) is 1. The largest absolute Gasteiger partial charge is 0.497 e. The van der Waals surface area contributed by atoms with Crippen LogP contribution in [0.5, 0.6) is 0 Å². The molecule has 0 saturated carbocycles. The molecule has 126 valence electrons. The van der Waals surface area contributed by atoms with Crippen molar-refractivity contribution in [1.29, 1.82) is 0 Å². The van der Waals surface area contributed by atoms with Crippen molar-refractivity contribution in [2.45, 2.75) is 64.6 Å². The minimum Gasteiger partial charge on any atom is -0.405 e. The van der Waals surface area contributed by atoms with Gasteiger partial charge in [-0.15, -0.1) is 0 Å². The molecule has 0 aliphatic carbocycles. The number of hydrogen-bond donors (Lipinski definition) is 1. The lowest BCUT2D eigenvalue weighted by Gasteiger charge is -2.32. The summed E-state index contributed by atoms with van der Waals surface area (Å²) in [6, 6.07) is 1.14. The fraction of sp³-hybridized carbons (Fsp3) is 0.800. The van der Waals surface area contributed by atoms with E-state index in [0.717, 1.165) is 12.7 Å². The first kappa shape index (κ1) is 19.4. The van der Waals surface area contributed by atoms with E-state index in [9.17, 15) is 0 Å². The van der Waals surface area contributed by atoms with Crippen molar-refractivity contribution in [3.8, 4) is 0 Å². The quantitative estimate of drug-likeness (QED) is 0.444. The Morgan fingerprint density at radius 1 is 1.18 bits per heavy atom. The summed E-state index contributed by atoms with van der Waals surface area (Å²) in [5, 5.41) is 0. The molecule has 0 aromatic carbocycles. The lowest BCUT2D eigenvalue weighted by atomic mass is 9.79. The molecule has 1 heterocycles. The van der Waals surface area contributed by atoms with Gasteiger partial charge in [-0.2, -0.15) is 0 Å². The standard InChI is InChI=1S/C15H31BN2O3Si/c1-14(2)15(3,4)21-16(20-14)13(10-17)11-18-12-19-8-9-22(5,6)7/h10-11H,8-9,12,17H2,1-7H3. The molecule has 2 N–H and O–H groups in total. The molecule has 0 radical (unpaired) electrons. The zero-order valence-electron chi connectivity index (χ0n) is 15.1. The van der Waals surface area contributed by atoms with Crippen molar-refractivity contribution in [3.05, 3.63) is 11.7 Å². The van der Waals surface area contributed by atoms with Crippen LogP contribution in [0.1, 0.15) is 27.7 Å². The van der Waals surface area contributed by atoms with Crippen molar-refractivity contribution in [1.82, 2.24) is 0 Å². The molecule has 0 spiro atoms. The van der Waals surface area contributed by atoms with Gasteiger partial charge in [-0.05, 0) is 39.9 Å². The molecule has 0 bridgehead atoms. The predicted octanol–water partition coefficient (Wildman–Crippen LogP) is 2.84. The van der Waals surface area contributed by atoms with E-state index in [1.807, 2.05) is 27.7 Å². The van der Waals surface area contributed by atoms with Crippen molar-refractivity contribution < 1.29 is 14.0 Å². The third-order valence-electron chi connectivity index (χ3n) is 4.12. The molecule has 5 nitrogen and oxygen atoms in total. The van der Waals surface area contributed by atoms with Crippen LogP contribution in [0.25, 0.3) is 0 Å². The molecule has 1 rings (SSSR count). The van der Waals surface area contributed by atoms with Crippen LogP contribution >= 0.6 is 0 Å². The summed E-state index contributed by atoms with van der Waals surface area (Å²) in [4.78, 5) is 4.26. The molecule has 1 saturated heterocycles. The number of allylic oxidation sites excluding steroid dienone is 1. The summed E-state index contributed by atoms with van der Waals surface area (Å²) in [6.07, 6.45) is 3.16. The van der Waals surface area contributed by atoms with Crippen molar-refractivity contribution in [2.75, 3.05) is 13.3 Å². The highest BCUT2D eigenvalue weighted by Gasteiger charge is 2.52. The summed E-state index contributed by atoms with van der Waals surface area (Å²) in [7, 11) is -1.53. The normalized spacial score (nSPS) is 21.8. The van der Waals surface area contributed by atoms with E-state index in [2.05, 4.69) is 24.6 Å². The van der Waals surface area contributed by atoms with Gasteiger partial charge in [-0.1, -0.05) is 19.6 Å². The summed E-state index contributed by atoms with van der Waals surface area (Å²) in [6.45, 7) is 16.1. The van der Waals surface area contributed by atoms with E-state index in [-0.39, 0.29) is 11.2 Å². The number of hydrogen-bond acceptors (Lipinski definition) is 5. The van der Waals surface area contributed by atoms with Crippen LogP contribution in [0.2, 0.25) is 25.7 Å². The van der Waals surface area contributed by atoms with Crippen LogP contribution in [0, 0.1) is 0 Å². The molecule has 1 aliphatic rings. The molecule has 7 heteroatoms. The summed E-state index contributed by atoms with van der Waals surface area (Å²) in [5.41, 5.74) is 5.63. The fourth-order valence-electron chi connectivity index (χ4n) is 1.80. The lowest BCUT2D eigenvalue weighted by molar-refractivity contribution is 0.00578. The average molecular weight is 326 g/mol. The van der Waals surface area contributed by atoms with Gasteiger partial charge in [0.25, 0.3) is 0 Å². The summed E-state index contributed by atoms with van der Waals surface area (Å²) in [5.74, 6) is 0. The van der Waals surface area contributed by atoms with Gasteiger partial charge >= 0.3 is 7.12 Å². The number of aliphatic imine (C=N–C) groups is 1. The van der Waals surface area contributed by atoms with Gasteiger partial charge in [0.05, 0.1) is 11.2 Å². The fourth-order valence-corrected chi connectivity index (χ4v) is 2.56. The molecule has 0 aromatic rings. The molecule has 0 unspecified atom stereocenters. The minimum atomic E-state index is -1.05. The molecule has 0 amide bonds. The van der Waals surface area contributed by atoms with E-state index in [1.165, 1.54) is 6.20 Å². The number of ether oxygens (including phenoxy) is 1. The first-order valence-electron chi connectivity index (χ1n) is 7.83. The molecular weight excluding hydrogens is 295 g/mol. The van der Waals surface area contributed by atoms with Gasteiger partial charge in [-0.25, -0.2) is 0 Å². The van der Waals surface area contributed by atoms with Gasteiger partial charge in [-0.3, -0.25) is 4.99 Å². The van der Waals surface area contributed by atoms with E-state index in [4.69, 9.17) is 19.8 Å². The summed E-state index contributed by atoms with van der Waals surface area (Å²) < 4.78 is 17.4. The van der Waals surface area contributed by atoms with Crippen molar-refractivity contribution in [3.63, 3.8) is 0 Å². The van der Waals surface area contributed by atoms with Crippen molar-refractivity contribution >= 4 is 21.4 Å². The third kappa shape index (κ3) is 5.53. The second-order valence-electron chi connectivity index (χ2n) is 7.91. The van der Waals surface area contributed by atoms with Crippen LogP contribution in [-0.4, -0.2) is 45.9 Å². The van der Waals surface area contributed by atoms with Crippen LogP contribution in [0.4, 0.5) is 0 Å². The van der Waals surface area contributed by atoms with Gasteiger partial charge in [0.15, 0.2) is 0 Å². The molecule has 0 aromatic heterocycles. The maximum absolute atomic E-state index is 5.94. The number of rotatable bonds is 7. The van der Waals surface area contributed by atoms with Gasteiger partial charge in [0.1, 0.15) is 6.73 Å². The van der Waals surface area contributed by atoms with Crippen LogP contribution in [0.3, 0.4) is 0 Å². The maximum atomic E-state index is 5.94. The highest BCUT2D eigenvalue weighted by molar-refractivity contribution is 6.76.